The summed E-state index contributed by atoms with van der Waals surface area (Å²) in [6.45, 7) is 3.03. The molecular weight excluding hydrogens is 298 g/mol. The van der Waals surface area contributed by atoms with Crippen molar-refractivity contribution in [2.45, 2.75) is 19.8 Å². The molecule has 3 nitrogen and oxygen atoms in total. The first-order chi connectivity index (χ1) is 8.22. The molecule has 5 heteroatoms. The largest absolute Gasteiger partial charge is 0.361 e. The fraction of sp³-hybridized carbons (Fsp3) is 0.333. The normalized spacial score (nSPS) is 10.5. The SMILES string of the molecule is CCCCNC(=S)NN=Cc1ccc(Br)cc1. The summed E-state index contributed by atoms with van der Waals surface area (Å²) < 4.78 is 1.05. The highest BCUT2D eigenvalue weighted by Gasteiger charge is 1.91. The molecule has 0 aliphatic heterocycles. The Labute approximate surface area is 116 Å². The minimum absolute atomic E-state index is 0.562. The highest BCUT2D eigenvalue weighted by Crippen LogP contribution is 2.08. The molecule has 1 aromatic carbocycles. The summed E-state index contributed by atoms with van der Waals surface area (Å²) in [7, 11) is 0. The van der Waals surface area contributed by atoms with E-state index in [1.54, 1.807) is 6.21 Å². The summed E-state index contributed by atoms with van der Waals surface area (Å²) in [6.07, 6.45) is 4.00. The molecule has 0 saturated heterocycles. The third-order valence-corrected chi connectivity index (χ3v) is 2.83. The van der Waals surface area contributed by atoms with Crippen LogP contribution < -0.4 is 10.7 Å². The van der Waals surface area contributed by atoms with Crippen molar-refractivity contribution in [3.63, 3.8) is 0 Å². The number of hydrogen-bond acceptors (Lipinski definition) is 2. The smallest absolute Gasteiger partial charge is 0.186 e. The number of benzene rings is 1. The van der Waals surface area contributed by atoms with Gasteiger partial charge in [0, 0.05) is 11.0 Å². The van der Waals surface area contributed by atoms with Crippen molar-refractivity contribution in [1.82, 2.24) is 10.7 Å². The van der Waals surface area contributed by atoms with Crippen molar-refractivity contribution in [3.8, 4) is 0 Å². The number of halogens is 1. The van der Waals surface area contributed by atoms with E-state index in [-0.39, 0.29) is 0 Å². The zero-order valence-corrected chi connectivity index (χ0v) is 12.1. The average Bonchev–Trinajstić information content (AvgIpc) is 2.32. The van der Waals surface area contributed by atoms with Crippen molar-refractivity contribution >= 4 is 39.5 Å². The zero-order valence-electron chi connectivity index (χ0n) is 9.74. The van der Waals surface area contributed by atoms with Crippen LogP contribution >= 0.6 is 28.1 Å². The van der Waals surface area contributed by atoms with Crippen LogP contribution in [0.5, 0.6) is 0 Å². The van der Waals surface area contributed by atoms with Gasteiger partial charge < -0.3 is 5.32 Å². The summed E-state index contributed by atoms with van der Waals surface area (Å²) in [4.78, 5) is 0. The molecule has 1 aromatic rings. The summed E-state index contributed by atoms with van der Waals surface area (Å²) in [5.41, 5.74) is 3.81. The van der Waals surface area contributed by atoms with Gasteiger partial charge >= 0.3 is 0 Å². The maximum Gasteiger partial charge on any atom is 0.186 e. The van der Waals surface area contributed by atoms with Crippen LogP contribution in [-0.4, -0.2) is 17.9 Å². The van der Waals surface area contributed by atoms with E-state index >= 15 is 0 Å². The van der Waals surface area contributed by atoms with E-state index < -0.39 is 0 Å². The van der Waals surface area contributed by atoms with Crippen LogP contribution in [0.25, 0.3) is 0 Å². The monoisotopic (exact) mass is 313 g/mol. The van der Waals surface area contributed by atoms with Gasteiger partial charge in [-0.15, -0.1) is 0 Å². The first-order valence-electron chi connectivity index (χ1n) is 5.55. The predicted octanol–water partition coefficient (Wildman–Crippen LogP) is 3.05. The summed E-state index contributed by atoms with van der Waals surface area (Å²) in [5, 5.41) is 7.70. The van der Waals surface area contributed by atoms with Crippen molar-refractivity contribution in [2.75, 3.05) is 6.54 Å². The topological polar surface area (TPSA) is 36.4 Å². The molecule has 0 aliphatic rings. The molecule has 92 valence electrons. The predicted molar refractivity (Wildman–Crippen MR) is 80.4 cm³/mol. The van der Waals surface area contributed by atoms with E-state index in [1.807, 2.05) is 24.3 Å². The molecule has 0 aromatic heterocycles. The molecule has 0 aliphatic carbocycles. The van der Waals surface area contributed by atoms with Gasteiger partial charge in [0.2, 0.25) is 0 Å². The lowest BCUT2D eigenvalue weighted by atomic mass is 10.2. The second-order valence-electron chi connectivity index (χ2n) is 3.53. The quantitative estimate of drug-likeness (QED) is 0.380. The number of hydrazone groups is 1. The number of unbranched alkanes of at least 4 members (excludes halogenated alkanes) is 1. The van der Waals surface area contributed by atoms with Crippen molar-refractivity contribution in [3.05, 3.63) is 34.3 Å². The molecule has 0 radical (unpaired) electrons. The lowest BCUT2D eigenvalue weighted by Crippen LogP contribution is -2.32. The van der Waals surface area contributed by atoms with Gasteiger partial charge in [0.1, 0.15) is 0 Å². The van der Waals surface area contributed by atoms with E-state index in [9.17, 15) is 0 Å². The van der Waals surface area contributed by atoms with Gasteiger partial charge in [-0.25, -0.2) is 0 Å². The lowest BCUT2D eigenvalue weighted by molar-refractivity contribution is 0.745. The second kappa shape index (κ2) is 8.20. The number of thiocarbonyl (C=S) groups is 1. The molecule has 1 rings (SSSR count). The van der Waals surface area contributed by atoms with E-state index in [2.05, 4.69) is 38.7 Å². The molecular formula is C12H16BrN3S. The van der Waals surface area contributed by atoms with Crippen LogP contribution in [0.15, 0.2) is 33.8 Å². The molecule has 2 N–H and O–H groups in total. The van der Waals surface area contributed by atoms with Crippen LogP contribution in [0, 0.1) is 0 Å². The Hall–Kier alpha value is -0.940. The molecule has 0 heterocycles. The lowest BCUT2D eigenvalue weighted by Gasteiger charge is -2.05. The maximum absolute atomic E-state index is 5.06. The first kappa shape index (κ1) is 14.1. The molecule has 0 saturated carbocycles. The Morgan fingerprint density at radius 2 is 2.12 bits per heavy atom. The van der Waals surface area contributed by atoms with Gasteiger partial charge in [-0.2, -0.15) is 5.10 Å². The maximum atomic E-state index is 5.06. The minimum Gasteiger partial charge on any atom is -0.361 e. The standard InChI is InChI=1S/C12H16BrN3S/c1-2-3-8-14-12(17)16-15-9-10-4-6-11(13)7-5-10/h4-7,9H,2-3,8H2,1H3,(H2,14,16,17). The van der Waals surface area contributed by atoms with E-state index in [0.717, 1.165) is 29.4 Å². The number of nitrogens with zero attached hydrogens (tertiary/aromatic N) is 1. The fourth-order valence-corrected chi connectivity index (χ4v) is 1.55. The Balaban J connectivity index is 2.29. The average molecular weight is 314 g/mol. The molecule has 0 bridgehead atoms. The van der Waals surface area contributed by atoms with Crippen molar-refractivity contribution in [1.29, 1.82) is 0 Å². The van der Waals surface area contributed by atoms with Crippen LogP contribution in [0.2, 0.25) is 0 Å². The minimum atomic E-state index is 0.562. The van der Waals surface area contributed by atoms with Crippen LogP contribution in [-0.2, 0) is 0 Å². The van der Waals surface area contributed by atoms with Crippen LogP contribution in [0.4, 0.5) is 0 Å². The van der Waals surface area contributed by atoms with Crippen molar-refractivity contribution < 1.29 is 0 Å². The van der Waals surface area contributed by atoms with Gasteiger partial charge in [-0.1, -0.05) is 41.4 Å². The van der Waals surface area contributed by atoms with E-state index in [1.165, 1.54) is 0 Å². The zero-order chi connectivity index (χ0) is 12.5. The van der Waals surface area contributed by atoms with E-state index in [4.69, 9.17) is 12.2 Å². The summed E-state index contributed by atoms with van der Waals surface area (Å²) in [6, 6.07) is 7.89. The van der Waals surface area contributed by atoms with Gasteiger partial charge in [-0.3, -0.25) is 5.43 Å². The van der Waals surface area contributed by atoms with Gasteiger partial charge in [-0.05, 0) is 36.3 Å². The number of nitrogens with one attached hydrogen (secondary N) is 2. The van der Waals surface area contributed by atoms with Crippen LogP contribution in [0.1, 0.15) is 25.3 Å². The molecule has 0 unspecified atom stereocenters. The third-order valence-electron chi connectivity index (χ3n) is 2.07. The van der Waals surface area contributed by atoms with Gasteiger partial charge in [0.05, 0.1) is 6.21 Å². The van der Waals surface area contributed by atoms with E-state index in [0.29, 0.717) is 5.11 Å². The Bertz CT molecular complexity index is 376. The number of rotatable bonds is 5. The highest BCUT2D eigenvalue weighted by molar-refractivity contribution is 9.10. The number of hydrogen-bond donors (Lipinski definition) is 2. The third kappa shape index (κ3) is 6.38. The Kier molecular flexibility index (Phi) is 6.81. The van der Waals surface area contributed by atoms with Crippen LogP contribution in [0.3, 0.4) is 0 Å². The Morgan fingerprint density at radius 1 is 1.41 bits per heavy atom. The molecule has 0 spiro atoms. The summed E-state index contributed by atoms with van der Waals surface area (Å²) in [5.74, 6) is 0. The molecule has 0 fully saturated rings. The van der Waals surface area contributed by atoms with Gasteiger partial charge in [0.15, 0.2) is 5.11 Å². The molecule has 17 heavy (non-hydrogen) atoms. The fourth-order valence-electron chi connectivity index (χ4n) is 1.13. The highest BCUT2D eigenvalue weighted by atomic mass is 79.9. The molecule has 0 amide bonds. The van der Waals surface area contributed by atoms with Crippen molar-refractivity contribution in [2.24, 2.45) is 5.10 Å². The van der Waals surface area contributed by atoms with Gasteiger partial charge in [0.25, 0.3) is 0 Å². The molecule has 0 atom stereocenters. The first-order valence-corrected chi connectivity index (χ1v) is 6.75. The Morgan fingerprint density at radius 3 is 2.76 bits per heavy atom. The summed E-state index contributed by atoms with van der Waals surface area (Å²) >= 11 is 8.44. The second-order valence-corrected chi connectivity index (χ2v) is 4.85.